The molecule has 0 spiro atoms. The lowest BCUT2D eigenvalue weighted by Gasteiger charge is -2.01. The van der Waals surface area contributed by atoms with Crippen LogP contribution < -0.4 is 10.1 Å². The Balaban J connectivity index is 2.54. The van der Waals surface area contributed by atoms with Crippen molar-refractivity contribution in [1.82, 2.24) is 0 Å². The monoisotopic (exact) mass is 311 g/mol. The largest absolute Gasteiger partial charge is 0.502 e. The number of ether oxygens (including phenoxy) is 1. The lowest BCUT2D eigenvalue weighted by molar-refractivity contribution is -0.132. The van der Waals surface area contributed by atoms with E-state index in [1.807, 2.05) is 5.32 Å². The maximum atomic E-state index is 11.0. The third-order valence-electron chi connectivity index (χ3n) is 2.39. The molecule has 0 aliphatic carbocycles. The van der Waals surface area contributed by atoms with Gasteiger partial charge in [-0.1, -0.05) is 23.7 Å². The highest BCUT2D eigenvalue weighted by Crippen LogP contribution is 2.46. The Morgan fingerprint density at radius 1 is 1.38 bits per heavy atom. The molecule has 0 saturated carbocycles. The van der Waals surface area contributed by atoms with E-state index < -0.39 is 29.4 Å². The number of hydrogen-bond donors (Lipinski definition) is 3. The SMILES string of the molecule is CC(=O)Oc1c(NC(=O)O)oc(-c2cccc(Cl)c2)c1O. The second kappa shape index (κ2) is 5.76. The highest BCUT2D eigenvalue weighted by Gasteiger charge is 2.25. The Labute approximate surface area is 123 Å². The number of carboxylic acid groups (broad SMARTS) is 1. The Morgan fingerprint density at radius 2 is 2.10 bits per heavy atom. The molecule has 2 rings (SSSR count). The number of halogens is 1. The zero-order valence-electron chi connectivity index (χ0n) is 10.7. The molecule has 0 aliphatic rings. The summed E-state index contributed by atoms with van der Waals surface area (Å²) in [6, 6.07) is 6.33. The Hall–Kier alpha value is -2.67. The average Bonchev–Trinajstić information content (AvgIpc) is 2.66. The standard InChI is InChI=1S/C13H10ClNO6/c1-6(16)20-11-9(17)10(21-12(11)15-13(18)19)7-3-2-4-8(14)5-7/h2-5,15,17H,1H3,(H,18,19). The van der Waals surface area contributed by atoms with Crippen LogP contribution in [0.4, 0.5) is 10.7 Å². The summed E-state index contributed by atoms with van der Waals surface area (Å²) in [6.07, 6.45) is -1.44. The van der Waals surface area contributed by atoms with Crippen molar-refractivity contribution < 1.29 is 29.0 Å². The van der Waals surface area contributed by atoms with Crippen molar-refractivity contribution in [2.45, 2.75) is 6.92 Å². The minimum absolute atomic E-state index is 0.0718. The summed E-state index contributed by atoms with van der Waals surface area (Å²) < 4.78 is 9.99. The van der Waals surface area contributed by atoms with Crippen LogP contribution >= 0.6 is 11.6 Å². The Kier molecular flexibility index (Phi) is 4.04. The van der Waals surface area contributed by atoms with Gasteiger partial charge in [-0.3, -0.25) is 10.1 Å². The molecule has 0 atom stereocenters. The van der Waals surface area contributed by atoms with Gasteiger partial charge in [-0.2, -0.15) is 0 Å². The van der Waals surface area contributed by atoms with Gasteiger partial charge in [0.25, 0.3) is 5.88 Å². The first-order valence-electron chi connectivity index (χ1n) is 5.68. The van der Waals surface area contributed by atoms with Crippen molar-refractivity contribution in [3.63, 3.8) is 0 Å². The van der Waals surface area contributed by atoms with Gasteiger partial charge in [-0.15, -0.1) is 0 Å². The van der Waals surface area contributed by atoms with E-state index in [0.717, 1.165) is 6.92 Å². The van der Waals surface area contributed by atoms with Crippen molar-refractivity contribution in [1.29, 1.82) is 0 Å². The molecule has 0 unspecified atom stereocenters. The van der Waals surface area contributed by atoms with Crippen LogP contribution in [0.1, 0.15) is 6.92 Å². The van der Waals surface area contributed by atoms with Gasteiger partial charge in [0.05, 0.1) is 0 Å². The number of carbonyl (C=O) groups is 2. The quantitative estimate of drug-likeness (QED) is 0.750. The smallest absolute Gasteiger partial charge is 0.411 e. The zero-order chi connectivity index (χ0) is 15.6. The van der Waals surface area contributed by atoms with E-state index in [9.17, 15) is 14.7 Å². The van der Waals surface area contributed by atoms with Crippen molar-refractivity contribution in [3.05, 3.63) is 29.3 Å². The van der Waals surface area contributed by atoms with Crippen LogP contribution in [-0.4, -0.2) is 22.3 Å². The van der Waals surface area contributed by atoms with E-state index in [2.05, 4.69) is 0 Å². The van der Waals surface area contributed by atoms with Gasteiger partial charge in [0, 0.05) is 17.5 Å². The lowest BCUT2D eigenvalue weighted by Crippen LogP contribution is -2.09. The summed E-state index contributed by atoms with van der Waals surface area (Å²) in [5.74, 6) is -2.11. The highest BCUT2D eigenvalue weighted by atomic mass is 35.5. The summed E-state index contributed by atoms with van der Waals surface area (Å²) in [6.45, 7) is 1.11. The minimum atomic E-state index is -1.44. The molecule has 0 fully saturated rings. The van der Waals surface area contributed by atoms with Crippen LogP contribution in [-0.2, 0) is 4.79 Å². The van der Waals surface area contributed by atoms with Crippen LogP contribution in [0, 0.1) is 0 Å². The normalized spacial score (nSPS) is 10.2. The second-order valence-corrected chi connectivity index (χ2v) is 4.41. The maximum Gasteiger partial charge on any atom is 0.411 e. The number of aromatic hydroxyl groups is 1. The number of carbonyl (C=O) groups excluding carboxylic acids is 1. The van der Waals surface area contributed by atoms with Crippen LogP contribution in [0.3, 0.4) is 0 Å². The first kappa shape index (κ1) is 14.7. The topological polar surface area (TPSA) is 109 Å². The molecule has 3 N–H and O–H groups in total. The fraction of sp³-hybridized carbons (Fsp3) is 0.0769. The van der Waals surface area contributed by atoms with E-state index in [1.165, 1.54) is 6.07 Å². The van der Waals surface area contributed by atoms with Crippen molar-refractivity contribution in [3.8, 4) is 22.8 Å². The number of rotatable bonds is 3. The number of anilines is 1. The molecule has 1 amide bonds. The molecule has 1 aromatic heterocycles. The molecule has 110 valence electrons. The molecule has 1 heterocycles. The number of nitrogens with one attached hydrogen (secondary N) is 1. The van der Waals surface area contributed by atoms with Crippen molar-refractivity contribution in [2.75, 3.05) is 5.32 Å². The minimum Gasteiger partial charge on any atom is -0.502 e. The molecular formula is C13H10ClNO6. The van der Waals surface area contributed by atoms with Gasteiger partial charge in [-0.25, -0.2) is 4.79 Å². The van der Waals surface area contributed by atoms with E-state index in [1.54, 1.807) is 18.2 Å². The van der Waals surface area contributed by atoms with Gasteiger partial charge in [0.2, 0.25) is 11.5 Å². The number of hydrogen-bond acceptors (Lipinski definition) is 5. The number of benzene rings is 1. The highest BCUT2D eigenvalue weighted by molar-refractivity contribution is 6.30. The van der Waals surface area contributed by atoms with E-state index in [-0.39, 0.29) is 5.76 Å². The summed E-state index contributed by atoms with van der Waals surface area (Å²) in [7, 11) is 0. The van der Waals surface area contributed by atoms with Gasteiger partial charge in [0.1, 0.15) is 0 Å². The van der Waals surface area contributed by atoms with E-state index in [0.29, 0.717) is 10.6 Å². The molecule has 2 aromatic rings. The molecule has 8 heteroatoms. The summed E-state index contributed by atoms with van der Waals surface area (Å²) >= 11 is 5.84. The van der Waals surface area contributed by atoms with Crippen molar-refractivity contribution >= 4 is 29.5 Å². The van der Waals surface area contributed by atoms with Crippen LogP contribution in [0.5, 0.6) is 11.5 Å². The summed E-state index contributed by atoms with van der Waals surface area (Å²) in [5, 5.41) is 21.1. The van der Waals surface area contributed by atoms with E-state index in [4.69, 9.17) is 25.9 Å². The lowest BCUT2D eigenvalue weighted by atomic mass is 10.1. The first-order chi connectivity index (χ1) is 9.88. The Bertz CT molecular complexity index is 709. The van der Waals surface area contributed by atoms with Gasteiger partial charge in [0.15, 0.2) is 5.76 Å². The van der Waals surface area contributed by atoms with Crippen molar-refractivity contribution in [2.24, 2.45) is 0 Å². The second-order valence-electron chi connectivity index (χ2n) is 3.97. The third kappa shape index (κ3) is 3.26. The fourth-order valence-corrected chi connectivity index (χ4v) is 1.84. The Morgan fingerprint density at radius 3 is 2.67 bits per heavy atom. The summed E-state index contributed by atoms with van der Waals surface area (Å²) in [4.78, 5) is 21.7. The maximum absolute atomic E-state index is 11.0. The van der Waals surface area contributed by atoms with Gasteiger partial charge in [-0.05, 0) is 12.1 Å². The predicted molar refractivity (Wildman–Crippen MR) is 73.8 cm³/mol. The van der Waals surface area contributed by atoms with Crippen LogP contribution in [0.15, 0.2) is 28.7 Å². The molecule has 21 heavy (non-hydrogen) atoms. The van der Waals surface area contributed by atoms with Crippen LogP contribution in [0.2, 0.25) is 5.02 Å². The molecule has 1 aromatic carbocycles. The van der Waals surface area contributed by atoms with Gasteiger partial charge >= 0.3 is 12.1 Å². The molecule has 0 radical (unpaired) electrons. The fourth-order valence-electron chi connectivity index (χ4n) is 1.65. The first-order valence-corrected chi connectivity index (χ1v) is 6.06. The molecule has 7 nitrogen and oxygen atoms in total. The average molecular weight is 312 g/mol. The van der Waals surface area contributed by atoms with Gasteiger partial charge < -0.3 is 19.4 Å². The number of furan rings is 1. The zero-order valence-corrected chi connectivity index (χ0v) is 11.5. The third-order valence-corrected chi connectivity index (χ3v) is 2.63. The number of esters is 1. The molecule has 0 saturated heterocycles. The molecule has 0 bridgehead atoms. The summed E-state index contributed by atoms with van der Waals surface area (Å²) in [5.41, 5.74) is 0.395. The van der Waals surface area contributed by atoms with Crippen LogP contribution in [0.25, 0.3) is 11.3 Å². The predicted octanol–water partition coefficient (Wildman–Crippen LogP) is 3.32. The number of amides is 1. The van der Waals surface area contributed by atoms with E-state index >= 15 is 0 Å². The molecular weight excluding hydrogens is 302 g/mol. The molecule has 0 aliphatic heterocycles.